The van der Waals surface area contributed by atoms with Crippen molar-refractivity contribution in [2.75, 3.05) is 52.5 Å². The molecule has 2 aliphatic rings. The van der Waals surface area contributed by atoms with Crippen molar-refractivity contribution in [3.05, 3.63) is 24.2 Å². The summed E-state index contributed by atoms with van der Waals surface area (Å²) in [6.07, 6.45) is 8.67. The number of likely N-dealkylation sites (tertiary alicyclic amines) is 1. The molecule has 2 fully saturated rings. The summed E-state index contributed by atoms with van der Waals surface area (Å²) in [7, 11) is 0. The second kappa shape index (κ2) is 12.1. The molecule has 0 aliphatic carbocycles. The Morgan fingerprint density at radius 1 is 1.10 bits per heavy atom. The third-order valence-corrected chi connectivity index (χ3v) is 6.16. The molecule has 7 nitrogen and oxygen atoms in total. The predicted octanol–water partition coefficient (Wildman–Crippen LogP) is 3.02. The molecule has 1 aromatic rings. The smallest absolute Gasteiger partial charge is 0.290 e. The number of furan rings is 1. The lowest BCUT2D eigenvalue weighted by Gasteiger charge is -2.38. The van der Waals surface area contributed by atoms with Gasteiger partial charge in [-0.15, -0.1) is 0 Å². The fourth-order valence-electron chi connectivity index (χ4n) is 4.33. The number of nitrogens with zero attached hydrogens (tertiary/aromatic N) is 3. The summed E-state index contributed by atoms with van der Waals surface area (Å²) in [4.78, 5) is 32.6. The number of piperidine rings is 1. The summed E-state index contributed by atoms with van der Waals surface area (Å²) in [5.41, 5.74) is 0. The van der Waals surface area contributed by atoms with Gasteiger partial charge in [-0.3, -0.25) is 14.5 Å². The number of hydrogen-bond donors (Lipinski definition) is 0. The Balaban J connectivity index is 1.65. The molecule has 2 aliphatic heterocycles. The van der Waals surface area contributed by atoms with E-state index in [-0.39, 0.29) is 17.9 Å². The molecule has 0 aromatic carbocycles. The summed E-state index contributed by atoms with van der Waals surface area (Å²) in [6.45, 7) is 8.52. The van der Waals surface area contributed by atoms with Gasteiger partial charge in [-0.05, 0) is 37.8 Å². The molecule has 0 bridgehead atoms. The topological polar surface area (TPSA) is 66.2 Å². The minimum absolute atomic E-state index is 0.0966. The molecule has 0 spiro atoms. The molecule has 30 heavy (non-hydrogen) atoms. The molecule has 0 N–H and O–H groups in total. The highest BCUT2D eigenvalue weighted by atomic mass is 16.5. The van der Waals surface area contributed by atoms with Crippen LogP contribution in [-0.4, -0.2) is 85.0 Å². The third-order valence-electron chi connectivity index (χ3n) is 6.16. The second-order valence-electron chi connectivity index (χ2n) is 8.33. The average Bonchev–Trinajstić information content (AvgIpc) is 3.33. The van der Waals surface area contributed by atoms with Gasteiger partial charge in [0.1, 0.15) is 6.04 Å². The number of rotatable bonds is 10. The summed E-state index contributed by atoms with van der Waals surface area (Å²) >= 11 is 0. The largest absolute Gasteiger partial charge is 0.459 e. The van der Waals surface area contributed by atoms with E-state index in [0.29, 0.717) is 18.8 Å². The Kier molecular flexibility index (Phi) is 9.21. The Bertz CT molecular complexity index is 643. The molecule has 0 saturated carbocycles. The number of unbranched alkanes of at least 4 members (excludes halogenated alkanes) is 3. The number of carbonyl (C=O) groups is 2. The van der Waals surface area contributed by atoms with Crippen LogP contribution in [0.5, 0.6) is 0 Å². The molecule has 168 valence electrons. The Hall–Kier alpha value is -1.86. The van der Waals surface area contributed by atoms with E-state index in [2.05, 4.69) is 11.8 Å². The molecule has 3 heterocycles. The van der Waals surface area contributed by atoms with Gasteiger partial charge in [-0.1, -0.05) is 26.2 Å². The van der Waals surface area contributed by atoms with Gasteiger partial charge in [0.15, 0.2) is 5.76 Å². The maximum atomic E-state index is 13.6. The van der Waals surface area contributed by atoms with E-state index < -0.39 is 0 Å². The van der Waals surface area contributed by atoms with Gasteiger partial charge < -0.3 is 19.0 Å². The lowest BCUT2D eigenvalue weighted by atomic mass is 10.00. The van der Waals surface area contributed by atoms with E-state index >= 15 is 0 Å². The van der Waals surface area contributed by atoms with Crippen molar-refractivity contribution in [2.45, 2.75) is 57.9 Å². The highest BCUT2D eigenvalue weighted by Crippen LogP contribution is 2.22. The molecule has 1 atom stereocenters. The first-order valence-corrected chi connectivity index (χ1v) is 11.6. The van der Waals surface area contributed by atoms with Crippen molar-refractivity contribution in [3.63, 3.8) is 0 Å². The van der Waals surface area contributed by atoms with Crippen LogP contribution in [-0.2, 0) is 9.53 Å². The van der Waals surface area contributed by atoms with E-state index in [1.807, 2.05) is 4.90 Å². The number of hydrogen-bond acceptors (Lipinski definition) is 5. The maximum Gasteiger partial charge on any atom is 0.290 e. The van der Waals surface area contributed by atoms with E-state index in [9.17, 15) is 9.59 Å². The molecule has 1 unspecified atom stereocenters. The lowest BCUT2D eigenvalue weighted by Crippen LogP contribution is -2.54. The van der Waals surface area contributed by atoms with E-state index in [4.69, 9.17) is 9.15 Å². The minimum Gasteiger partial charge on any atom is -0.459 e. The predicted molar refractivity (Wildman–Crippen MR) is 115 cm³/mol. The number of morpholine rings is 1. The van der Waals surface area contributed by atoms with Crippen molar-refractivity contribution in [1.29, 1.82) is 0 Å². The van der Waals surface area contributed by atoms with Gasteiger partial charge in [0.05, 0.1) is 19.5 Å². The molecule has 2 amide bonds. The fourth-order valence-corrected chi connectivity index (χ4v) is 4.33. The monoisotopic (exact) mass is 419 g/mol. The van der Waals surface area contributed by atoms with Crippen LogP contribution in [0.3, 0.4) is 0 Å². The van der Waals surface area contributed by atoms with Crippen LogP contribution >= 0.6 is 0 Å². The van der Waals surface area contributed by atoms with E-state index in [1.54, 1.807) is 17.0 Å². The normalized spacial score (nSPS) is 20.3. The quantitative estimate of drug-likeness (QED) is 0.546. The molecule has 3 rings (SSSR count). The van der Waals surface area contributed by atoms with Crippen LogP contribution in [0.25, 0.3) is 0 Å². The van der Waals surface area contributed by atoms with Gasteiger partial charge in [0.2, 0.25) is 5.91 Å². The highest BCUT2D eigenvalue weighted by Gasteiger charge is 2.36. The van der Waals surface area contributed by atoms with Gasteiger partial charge >= 0.3 is 0 Å². The Morgan fingerprint density at radius 2 is 1.93 bits per heavy atom. The zero-order valence-electron chi connectivity index (χ0n) is 18.4. The number of amides is 2. The second-order valence-corrected chi connectivity index (χ2v) is 8.33. The van der Waals surface area contributed by atoms with Crippen LogP contribution in [0.15, 0.2) is 22.8 Å². The first-order chi connectivity index (χ1) is 14.7. The van der Waals surface area contributed by atoms with Crippen molar-refractivity contribution >= 4 is 11.8 Å². The first-order valence-electron chi connectivity index (χ1n) is 11.6. The van der Waals surface area contributed by atoms with Crippen molar-refractivity contribution in [3.8, 4) is 0 Å². The lowest BCUT2D eigenvalue weighted by molar-refractivity contribution is -0.137. The average molecular weight is 420 g/mol. The summed E-state index contributed by atoms with van der Waals surface area (Å²) < 4.78 is 10.8. The van der Waals surface area contributed by atoms with Gasteiger partial charge in [0, 0.05) is 39.3 Å². The molecule has 0 radical (unpaired) electrons. The fraction of sp³-hybridized carbons (Fsp3) is 0.739. The highest BCUT2D eigenvalue weighted by molar-refractivity contribution is 5.95. The maximum absolute atomic E-state index is 13.6. The van der Waals surface area contributed by atoms with Gasteiger partial charge in [0.25, 0.3) is 5.91 Å². The van der Waals surface area contributed by atoms with Crippen molar-refractivity contribution in [2.24, 2.45) is 0 Å². The third kappa shape index (κ3) is 6.32. The van der Waals surface area contributed by atoms with Crippen LogP contribution < -0.4 is 0 Å². The Morgan fingerprint density at radius 3 is 2.67 bits per heavy atom. The van der Waals surface area contributed by atoms with E-state index in [0.717, 1.165) is 71.5 Å². The molecular formula is C23H37N3O4. The van der Waals surface area contributed by atoms with Crippen LogP contribution in [0, 0.1) is 0 Å². The van der Waals surface area contributed by atoms with Gasteiger partial charge in [-0.25, -0.2) is 0 Å². The number of carbonyl (C=O) groups excluding carboxylic acids is 2. The van der Waals surface area contributed by atoms with Crippen LogP contribution in [0.2, 0.25) is 0 Å². The molecule has 7 heteroatoms. The molecule has 1 aromatic heterocycles. The summed E-state index contributed by atoms with van der Waals surface area (Å²) in [6, 6.07) is 3.02. The number of ether oxygens (including phenoxy) is 1. The van der Waals surface area contributed by atoms with Crippen LogP contribution in [0.4, 0.5) is 0 Å². The summed E-state index contributed by atoms with van der Waals surface area (Å²) in [5.74, 6) is 0.244. The standard InChI is InChI=1S/C23H37N3O4/c1-2-3-4-6-11-25(14-13-24-15-18-29-19-16-24)22(27)20-9-5-7-12-26(20)23(28)21-10-8-17-30-21/h8,10,17,20H,2-7,9,11-16,18-19H2,1H3. The molecular weight excluding hydrogens is 382 g/mol. The zero-order chi connectivity index (χ0) is 21.2. The van der Waals surface area contributed by atoms with Crippen LogP contribution in [0.1, 0.15) is 62.4 Å². The first kappa shape index (κ1) is 22.8. The Labute approximate surface area is 180 Å². The van der Waals surface area contributed by atoms with Crippen molar-refractivity contribution < 1.29 is 18.7 Å². The zero-order valence-corrected chi connectivity index (χ0v) is 18.4. The van der Waals surface area contributed by atoms with E-state index in [1.165, 1.54) is 19.1 Å². The molecule has 2 saturated heterocycles. The minimum atomic E-state index is -0.382. The van der Waals surface area contributed by atoms with Crippen molar-refractivity contribution in [1.82, 2.24) is 14.7 Å². The van der Waals surface area contributed by atoms with Gasteiger partial charge in [-0.2, -0.15) is 0 Å². The SMILES string of the molecule is CCCCCCN(CCN1CCOCC1)C(=O)C1CCCCN1C(=O)c1ccco1. The summed E-state index contributed by atoms with van der Waals surface area (Å²) in [5, 5.41) is 0.